The Kier molecular flexibility index (Phi) is 5.82. The SMILES string of the molecule is COc1cc(Oc2ccc(F)cc2F)c(F)cc1N(CC(C)O)c1ncnc2[nH]ncc12. The van der Waals surface area contributed by atoms with Gasteiger partial charge in [-0.15, -0.1) is 0 Å². The van der Waals surface area contributed by atoms with E-state index in [1.807, 2.05) is 0 Å². The fraction of sp³-hybridized carbons (Fsp3) is 0.190. The number of aliphatic hydroxyl groups is 1. The van der Waals surface area contributed by atoms with Crippen molar-refractivity contribution in [3.8, 4) is 17.2 Å². The molecule has 0 radical (unpaired) electrons. The molecule has 0 spiro atoms. The summed E-state index contributed by atoms with van der Waals surface area (Å²) in [5, 5.41) is 17.3. The Morgan fingerprint density at radius 1 is 1.06 bits per heavy atom. The van der Waals surface area contributed by atoms with Gasteiger partial charge >= 0.3 is 0 Å². The van der Waals surface area contributed by atoms with Crippen LogP contribution in [0.25, 0.3) is 11.0 Å². The van der Waals surface area contributed by atoms with E-state index in [1.54, 1.807) is 11.8 Å². The molecule has 8 nitrogen and oxygen atoms in total. The van der Waals surface area contributed by atoms with Crippen molar-refractivity contribution < 1.29 is 27.8 Å². The van der Waals surface area contributed by atoms with Gasteiger partial charge in [-0.3, -0.25) is 5.10 Å². The number of ether oxygens (including phenoxy) is 2. The molecule has 11 heteroatoms. The highest BCUT2D eigenvalue weighted by Crippen LogP contribution is 2.40. The summed E-state index contributed by atoms with van der Waals surface area (Å²) >= 11 is 0. The van der Waals surface area contributed by atoms with Crippen molar-refractivity contribution in [3.63, 3.8) is 0 Å². The van der Waals surface area contributed by atoms with E-state index in [1.165, 1.54) is 25.7 Å². The van der Waals surface area contributed by atoms with E-state index in [2.05, 4.69) is 20.2 Å². The topological polar surface area (TPSA) is 96.4 Å². The first kappa shape index (κ1) is 21.4. The fourth-order valence-electron chi connectivity index (χ4n) is 3.18. The predicted octanol–water partition coefficient (Wildman–Crippen LogP) is 4.09. The number of benzene rings is 2. The highest BCUT2D eigenvalue weighted by Gasteiger charge is 2.24. The van der Waals surface area contributed by atoms with Gasteiger partial charge in [0, 0.05) is 18.2 Å². The minimum atomic E-state index is -0.980. The molecule has 4 aromatic rings. The molecule has 0 aliphatic rings. The van der Waals surface area contributed by atoms with Gasteiger partial charge in [0.15, 0.2) is 28.8 Å². The number of aromatic amines is 1. The first-order valence-electron chi connectivity index (χ1n) is 9.47. The number of hydrogen-bond donors (Lipinski definition) is 2. The van der Waals surface area contributed by atoms with Crippen LogP contribution < -0.4 is 14.4 Å². The molecular weight excluding hydrogens is 427 g/mol. The van der Waals surface area contributed by atoms with Crippen LogP contribution in [0.2, 0.25) is 0 Å². The minimum Gasteiger partial charge on any atom is -0.494 e. The first-order valence-corrected chi connectivity index (χ1v) is 9.47. The standard InChI is InChI=1S/C21H18F3N5O3/c1-11(30)9-29(21-13-8-27-28-20(13)25-10-26-21)16-6-15(24)18(7-19(16)31-2)32-17-4-3-12(22)5-14(17)23/h3-8,10-11,30H,9H2,1-2H3,(H,25,26,27,28). The zero-order chi connectivity index (χ0) is 22.8. The van der Waals surface area contributed by atoms with Gasteiger partial charge in [0.2, 0.25) is 0 Å². The number of fused-ring (bicyclic) bond motifs is 1. The molecule has 1 unspecified atom stereocenters. The van der Waals surface area contributed by atoms with E-state index in [0.29, 0.717) is 22.9 Å². The Hall–Kier alpha value is -3.86. The van der Waals surface area contributed by atoms with Crippen LogP contribution in [-0.2, 0) is 0 Å². The van der Waals surface area contributed by atoms with Gasteiger partial charge in [0.25, 0.3) is 0 Å². The lowest BCUT2D eigenvalue weighted by atomic mass is 10.2. The summed E-state index contributed by atoms with van der Waals surface area (Å²) in [5.74, 6) is -2.75. The second kappa shape index (κ2) is 8.71. The molecule has 2 heterocycles. The monoisotopic (exact) mass is 445 g/mol. The number of nitrogens with zero attached hydrogens (tertiary/aromatic N) is 4. The number of rotatable bonds is 7. The molecule has 2 N–H and O–H groups in total. The Morgan fingerprint density at radius 3 is 2.56 bits per heavy atom. The van der Waals surface area contributed by atoms with Gasteiger partial charge in [-0.2, -0.15) is 5.10 Å². The van der Waals surface area contributed by atoms with Crippen LogP contribution in [0.3, 0.4) is 0 Å². The lowest BCUT2D eigenvalue weighted by Crippen LogP contribution is -2.28. The van der Waals surface area contributed by atoms with Crippen LogP contribution in [0, 0.1) is 17.5 Å². The molecule has 166 valence electrons. The second-order valence-electron chi connectivity index (χ2n) is 6.92. The van der Waals surface area contributed by atoms with Crippen LogP contribution in [0.15, 0.2) is 42.9 Å². The lowest BCUT2D eigenvalue weighted by molar-refractivity contribution is 0.202. The van der Waals surface area contributed by atoms with Crippen molar-refractivity contribution in [2.45, 2.75) is 13.0 Å². The van der Waals surface area contributed by atoms with Crippen molar-refractivity contribution in [2.24, 2.45) is 0 Å². The van der Waals surface area contributed by atoms with Crippen LogP contribution in [0.4, 0.5) is 24.7 Å². The average molecular weight is 445 g/mol. The summed E-state index contributed by atoms with van der Waals surface area (Å²) in [4.78, 5) is 9.91. The van der Waals surface area contributed by atoms with Gasteiger partial charge in [0.1, 0.15) is 23.7 Å². The Balaban J connectivity index is 1.80. The maximum atomic E-state index is 15.0. The van der Waals surface area contributed by atoms with Crippen LogP contribution in [0.5, 0.6) is 17.2 Å². The maximum absolute atomic E-state index is 15.0. The highest BCUT2D eigenvalue weighted by molar-refractivity contribution is 5.89. The molecule has 2 aromatic heterocycles. The number of methoxy groups -OCH3 is 1. The molecule has 32 heavy (non-hydrogen) atoms. The number of H-pyrrole nitrogens is 1. The van der Waals surface area contributed by atoms with Crippen molar-refractivity contribution >= 4 is 22.5 Å². The summed E-state index contributed by atoms with van der Waals surface area (Å²) in [5.41, 5.74) is 0.691. The first-order chi connectivity index (χ1) is 15.4. The number of halogens is 3. The fourth-order valence-corrected chi connectivity index (χ4v) is 3.18. The zero-order valence-electron chi connectivity index (χ0n) is 17.0. The van der Waals surface area contributed by atoms with Gasteiger partial charge in [-0.25, -0.2) is 23.1 Å². The third-order valence-electron chi connectivity index (χ3n) is 4.57. The molecule has 4 rings (SSSR count). The Morgan fingerprint density at radius 2 is 1.84 bits per heavy atom. The van der Waals surface area contributed by atoms with Crippen molar-refractivity contribution in [3.05, 3.63) is 60.3 Å². The number of aliphatic hydroxyl groups excluding tert-OH is 1. The maximum Gasteiger partial charge on any atom is 0.168 e. The summed E-state index contributed by atoms with van der Waals surface area (Å²) in [6.45, 7) is 1.61. The normalized spacial score (nSPS) is 12.1. The molecule has 0 amide bonds. The van der Waals surface area contributed by atoms with Crippen LogP contribution >= 0.6 is 0 Å². The summed E-state index contributed by atoms with van der Waals surface area (Å²) in [7, 11) is 1.37. The predicted molar refractivity (Wildman–Crippen MR) is 110 cm³/mol. The van der Waals surface area contributed by atoms with Crippen LogP contribution in [-0.4, -0.2) is 45.0 Å². The molecular formula is C21H18F3N5O3. The van der Waals surface area contributed by atoms with Crippen molar-refractivity contribution in [2.75, 3.05) is 18.6 Å². The molecule has 0 saturated heterocycles. The van der Waals surface area contributed by atoms with Crippen molar-refractivity contribution in [1.29, 1.82) is 0 Å². The Labute approximate surface area is 180 Å². The third-order valence-corrected chi connectivity index (χ3v) is 4.57. The average Bonchev–Trinajstić information content (AvgIpc) is 3.24. The summed E-state index contributed by atoms with van der Waals surface area (Å²) in [6.07, 6.45) is 2.00. The van der Waals surface area contributed by atoms with E-state index >= 15 is 4.39 Å². The quantitative estimate of drug-likeness (QED) is 0.442. The minimum absolute atomic E-state index is 0.0416. The molecule has 2 aromatic carbocycles. The largest absolute Gasteiger partial charge is 0.494 e. The highest BCUT2D eigenvalue weighted by atomic mass is 19.1. The van der Waals surface area contributed by atoms with Gasteiger partial charge < -0.3 is 19.5 Å². The van der Waals surface area contributed by atoms with E-state index in [4.69, 9.17) is 9.47 Å². The van der Waals surface area contributed by atoms with Gasteiger partial charge in [-0.05, 0) is 19.1 Å². The third kappa shape index (κ3) is 4.14. The zero-order valence-corrected chi connectivity index (χ0v) is 17.0. The van der Waals surface area contributed by atoms with Crippen molar-refractivity contribution in [1.82, 2.24) is 20.2 Å². The van der Waals surface area contributed by atoms with E-state index in [0.717, 1.165) is 18.2 Å². The smallest absolute Gasteiger partial charge is 0.168 e. The molecule has 0 saturated carbocycles. The van der Waals surface area contributed by atoms with E-state index < -0.39 is 23.6 Å². The number of nitrogens with one attached hydrogen (secondary N) is 1. The molecule has 0 bridgehead atoms. The van der Waals surface area contributed by atoms with E-state index in [-0.39, 0.29) is 29.5 Å². The van der Waals surface area contributed by atoms with Crippen LogP contribution in [0.1, 0.15) is 6.92 Å². The summed E-state index contributed by atoms with van der Waals surface area (Å²) in [6, 6.07) is 5.04. The van der Waals surface area contributed by atoms with E-state index in [9.17, 15) is 13.9 Å². The molecule has 0 aliphatic heterocycles. The van der Waals surface area contributed by atoms with Gasteiger partial charge in [0.05, 0.1) is 37.0 Å². The summed E-state index contributed by atoms with van der Waals surface area (Å²) < 4.78 is 52.8. The number of aromatic nitrogens is 4. The molecule has 1 atom stereocenters. The number of hydrogen-bond acceptors (Lipinski definition) is 7. The number of anilines is 2. The molecule has 0 aliphatic carbocycles. The molecule has 0 fully saturated rings. The lowest BCUT2D eigenvalue weighted by Gasteiger charge is -2.27. The Bertz CT molecular complexity index is 1260. The second-order valence-corrected chi connectivity index (χ2v) is 6.92. The van der Waals surface area contributed by atoms with Gasteiger partial charge in [-0.1, -0.05) is 0 Å².